The van der Waals surface area contributed by atoms with Crippen molar-refractivity contribution in [2.24, 2.45) is 0 Å². The number of aliphatic carboxylic acids is 1. The molecule has 0 saturated carbocycles. The molecule has 0 aliphatic heterocycles. The lowest BCUT2D eigenvalue weighted by Gasteiger charge is -2.18. The monoisotopic (exact) mass is 410 g/mol. The molecule has 28 heavy (non-hydrogen) atoms. The number of amides is 2. The van der Waals surface area contributed by atoms with E-state index in [0.717, 1.165) is 12.1 Å². The first-order valence-corrected chi connectivity index (χ1v) is 8.64. The van der Waals surface area contributed by atoms with E-state index in [9.17, 15) is 23.2 Å². The summed E-state index contributed by atoms with van der Waals surface area (Å²) in [6.45, 7) is -0.121. The molecule has 2 aromatic carbocycles. The fraction of sp³-hybridized carbons (Fsp3) is 0.211. The van der Waals surface area contributed by atoms with E-state index in [2.05, 4.69) is 10.6 Å². The Kier molecular flexibility index (Phi) is 7.45. The molecule has 0 saturated heterocycles. The van der Waals surface area contributed by atoms with Crippen molar-refractivity contribution in [1.82, 2.24) is 10.6 Å². The average molecular weight is 411 g/mol. The van der Waals surface area contributed by atoms with E-state index in [0.29, 0.717) is 16.7 Å². The molecular formula is C19H17ClF2N2O4. The molecule has 3 N–H and O–H groups in total. The first kappa shape index (κ1) is 21.3. The predicted molar refractivity (Wildman–Crippen MR) is 97.9 cm³/mol. The molecule has 9 heteroatoms. The Morgan fingerprint density at radius 3 is 2.46 bits per heavy atom. The summed E-state index contributed by atoms with van der Waals surface area (Å²) in [6, 6.07) is 8.22. The molecule has 2 aromatic rings. The Balaban J connectivity index is 1.93. The van der Waals surface area contributed by atoms with Gasteiger partial charge in [0, 0.05) is 24.1 Å². The fourth-order valence-electron chi connectivity index (χ4n) is 2.50. The molecule has 0 aliphatic carbocycles. The number of carbonyl (C=O) groups excluding carboxylic acids is 2. The van der Waals surface area contributed by atoms with Crippen molar-refractivity contribution >= 4 is 29.4 Å². The van der Waals surface area contributed by atoms with Gasteiger partial charge in [-0.3, -0.25) is 14.4 Å². The average Bonchev–Trinajstić information content (AvgIpc) is 2.61. The van der Waals surface area contributed by atoms with Crippen LogP contribution in [0.2, 0.25) is 5.02 Å². The number of carboxylic acid groups (broad SMARTS) is 1. The van der Waals surface area contributed by atoms with Crippen molar-refractivity contribution in [3.8, 4) is 0 Å². The third-order valence-corrected chi connectivity index (χ3v) is 4.15. The molecule has 0 aromatic heterocycles. The van der Waals surface area contributed by atoms with Crippen molar-refractivity contribution in [1.29, 1.82) is 0 Å². The number of hydrogen-bond acceptors (Lipinski definition) is 3. The van der Waals surface area contributed by atoms with Gasteiger partial charge < -0.3 is 15.7 Å². The summed E-state index contributed by atoms with van der Waals surface area (Å²) in [5, 5.41) is 14.3. The van der Waals surface area contributed by atoms with Crippen LogP contribution in [0.5, 0.6) is 0 Å². The number of carbonyl (C=O) groups is 3. The third-order valence-electron chi connectivity index (χ3n) is 3.81. The Hall–Kier alpha value is -3.00. The molecule has 0 unspecified atom stereocenters. The molecule has 1 atom stereocenters. The maximum Gasteiger partial charge on any atom is 0.305 e. The Morgan fingerprint density at radius 2 is 1.82 bits per heavy atom. The summed E-state index contributed by atoms with van der Waals surface area (Å²) in [6.07, 6.45) is -0.544. The minimum absolute atomic E-state index is 0.121. The highest BCUT2D eigenvalue weighted by Gasteiger charge is 2.20. The predicted octanol–water partition coefficient (Wildman–Crippen LogP) is 3.07. The zero-order valence-electron chi connectivity index (χ0n) is 14.5. The second-order valence-corrected chi connectivity index (χ2v) is 6.28. The SMILES string of the molecule is O=C(O)C[C@@H](NC(=O)CCNC(=O)c1ccc(F)cc1F)c1ccccc1Cl. The van der Waals surface area contributed by atoms with Gasteiger partial charge in [0.15, 0.2) is 0 Å². The molecule has 0 bridgehead atoms. The molecule has 0 fully saturated rings. The van der Waals surface area contributed by atoms with Gasteiger partial charge in [0.1, 0.15) is 11.6 Å². The fourth-order valence-corrected chi connectivity index (χ4v) is 2.76. The highest BCUT2D eigenvalue weighted by atomic mass is 35.5. The topological polar surface area (TPSA) is 95.5 Å². The molecule has 148 valence electrons. The quantitative estimate of drug-likeness (QED) is 0.623. The largest absolute Gasteiger partial charge is 0.481 e. The van der Waals surface area contributed by atoms with Gasteiger partial charge >= 0.3 is 5.97 Å². The van der Waals surface area contributed by atoms with Gasteiger partial charge in [-0.15, -0.1) is 0 Å². The lowest BCUT2D eigenvalue weighted by molar-refractivity contribution is -0.137. The maximum atomic E-state index is 13.6. The Labute approximate surface area is 164 Å². The van der Waals surface area contributed by atoms with Crippen molar-refractivity contribution in [2.75, 3.05) is 6.54 Å². The van der Waals surface area contributed by atoms with Crippen LogP contribution in [-0.2, 0) is 9.59 Å². The zero-order valence-corrected chi connectivity index (χ0v) is 15.3. The third kappa shape index (κ3) is 6.02. The highest BCUT2D eigenvalue weighted by molar-refractivity contribution is 6.31. The minimum Gasteiger partial charge on any atom is -0.481 e. The number of hydrogen-bond donors (Lipinski definition) is 3. The lowest BCUT2D eigenvalue weighted by Crippen LogP contribution is -2.34. The van der Waals surface area contributed by atoms with Gasteiger partial charge in [-0.05, 0) is 23.8 Å². The molecule has 0 heterocycles. The normalized spacial score (nSPS) is 11.5. The summed E-state index contributed by atoms with van der Waals surface area (Å²) in [7, 11) is 0. The molecular weight excluding hydrogens is 394 g/mol. The first-order chi connectivity index (χ1) is 13.3. The van der Waals surface area contributed by atoms with E-state index >= 15 is 0 Å². The van der Waals surface area contributed by atoms with Gasteiger partial charge in [0.05, 0.1) is 18.0 Å². The van der Waals surface area contributed by atoms with E-state index in [1.54, 1.807) is 24.3 Å². The second-order valence-electron chi connectivity index (χ2n) is 5.87. The van der Waals surface area contributed by atoms with E-state index in [-0.39, 0.29) is 24.9 Å². The molecule has 6 nitrogen and oxygen atoms in total. The van der Waals surface area contributed by atoms with Crippen LogP contribution in [0.4, 0.5) is 8.78 Å². The van der Waals surface area contributed by atoms with Gasteiger partial charge in [-0.2, -0.15) is 0 Å². The summed E-state index contributed by atoms with van der Waals surface area (Å²) in [4.78, 5) is 35.1. The molecule has 0 spiro atoms. The number of halogens is 3. The Bertz CT molecular complexity index is 892. The van der Waals surface area contributed by atoms with E-state index in [1.807, 2.05) is 0 Å². The molecule has 2 amide bonds. The van der Waals surface area contributed by atoms with Gasteiger partial charge in [-0.25, -0.2) is 8.78 Å². The molecule has 0 aliphatic rings. The summed E-state index contributed by atoms with van der Waals surface area (Å²) in [5.74, 6) is -4.26. The number of benzene rings is 2. The van der Waals surface area contributed by atoms with Crippen LogP contribution in [-0.4, -0.2) is 29.4 Å². The van der Waals surface area contributed by atoms with E-state index in [1.165, 1.54) is 0 Å². The highest BCUT2D eigenvalue weighted by Crippen LogP contribution is 2.25. The first-order valence-electron chi connectivity index (χ1n) is 8.26. The minimum atomic E-state index is -1.12. The van der Waals surface area contributed by atoms with Crippen molar-refractivity contribution in [3.05, 3.63) is 70.2 Å². The standard InChI is InChI=1S/C19H17ClF2N2O4/c20-14-4-2-1-3-12(14)16(10-18(26)27)24-17(25)7-8-23-19(28)13-6-5-11(21)9-15(13)22/h1-6,9,16H,7-8,10H2,(H,23,28)(H,24,25)(H,26,27)/t16-/m1/s1. The van der Waals surface area contributed by atoms with Gasteiger partial charge in [-0.1, -0.05) is 29.8 Å². The van der Waals surface area contributed by atoms with Crippen molar-refractivity contribution < 1.29 is 28.3 Å². The number of carboxylic acids is 1. The zero-order chi connectivity index (χ0) is 20.7. The summed E-state index contributed by atoms with van der Waals surface area (Å²) in [5.41, 5.74) is 0.110. The number of nitrogens with one attached hydrogen (secondary N) is 2. The molecule has 2 rings (SSSR count). The smallest absolute Gasteiger partial charge is 0.305 e. The summed E-state index contributed by atoms with van der Waals surface area (Å²) < 4.78 is 26.4. The van der Waals surface area contributed by atoms with Crippen LogP contribution in [0.25, 0.3) is 0 Å². The van der Waals surface area contributed by atoms with Crippen molar-refractivity contribution in [3.63, 3.8) is 0 Å². The van der Waals surface area contributed by atoms with Crippen LogP contribution in [0, 0.1) is 11.6 Å². The Morgan fingerprint density at radius 1 is 1.11 bits per heavy atom. The van der Waals surface area contributed by atoms with Gasteiger partial charge in [0.2, 0.25) is 5.91 Å². The van der Waals surface area contributed by atoms with Crippen molar-refractivity contribution in [2.45, 2.75) is 18.9 Å². The summed E-state index contributed by atoms with van der Waals surface area (Å²) >= 11 is 6.06. The van der Waals surface area contributed by atoms with Crippen LogP contribution < -0.4 is 10.6 Å². The van der Waals surface area contributed by atoms with E-state index in [4.69, 9.17) is 16.7 Å². The van der Waals surface area contributed by atoms with Gasteiger partial charge in [0.25, 0.3) is 5.91 Å². The van der Waals surface area contributed by atoms with E-state index < -0.39 is 35.5 Å². The van der Waals surface area contributed by atoms with Crippen LogP contribution in [0.1, 0.15) is 34.8 Å². The van der Waals surface area contributed by atoms with Crippen LogP contribution in [0.15, 0.2) is 42.5 Å². The number of rotatable bonds is 8. The van der Waals surface area contributed by atoms with Crippen LogP contribution >= 0.6 is 11.6 Å². The second kappa shape index (κ2) is 9.80. The van der Waals surface area contributed by atoms with Crippen LogP contribution in [0.3, 0.4) is 0 Å². The lowest BCUT2D eigenvalue weighted by atomic mass is 10.0. The maximum absolute atomic E-state index is 13.6. The molecule has 0 radical (unpaired) electrons.